The second-order valence-electron chi connectivity index (χ2n) is 3.15. The van der Waals surface area contributed by atoms with Crippen LogP contribution in [-0.2, 0) is 9.53 Å². The Morgan fingerprint density at radius 3 is 2.50 bits per heavy atom. The largest absolute Gasteiger partial charge is 0.482 e. The molecule has 0 amide bonds. The van der Waals surface area contributed by atoms with Crippen molar-refractivity contribution in [1.82, 2.24) is 0 Å². The maximum Gasteiger partial charge on any atom is 0.344 e. The number of carbonyl (C=O) groups excluding carboxylic acids is 1. The molecule has 1 rings (SSSR count). The smallest absolute Gasteiger partial charge is 0.344 e. The van der Waals surface area contributed by atoms with Crippen molar-refractivity contribution >= 4 is 11.7 Å². The molecule has 0 fully saturated rings. The van der Waals surface area contributed by atoms with Gasteiger partial charge in [0.05, 0.1) is 6.61 Å². The lowest BCUT2D eigenvalue weighted by Crippen LogP contribution is -2.14. The van der Waals surface area contributed by atoms with Crippen LogP contribution in [0.25, 0.3) is 0 Å². The molecule has 1 aromatic carbocycles. The van der Waals surface area contributed by atoms with Gasteiger partial charge in [0.1, 0.15) is 5.75 Å². The highest BCUT2D eigenvalue weighted by atomic mass is 16.6. The summed E-state index contributed by atoms with van der Waals surface area (Å²) in [5, 5.41) is 3.17. The molecule has 0 aromatic heterocycles. The number of esters is 1. The van der Waals surface area contributed by atoms with E-state index >= 15 is 0 Å². The van der Waals surface area contributed by atoms with Crippen molar-refractivity contribution in [2.45, 2.75) is 13.8 Å². The Morgan fingerprint density at radius 2 is 1.94 bits per heavy atom. The predicted octanol–water partition coefficient (Wildman–Crippen LogP) is 2.06. The summed E-state index contributed by atoms with van der Waals surface area (Å²) in [6.07, 6.45) is 0. The molecule has 0 aliphatic rings. The van der Waals surface area contributed by atoms with Crippen molar-refractivity contribution < 1.29 is 14.3 Å². The predicted molar refractivity (Wildman–Crippen MR) is 62.7 cm³/mol. The number of carbonyl (C=O) groups is 1. The van der Waals surface area contributed by atoms with E-state index in [0.717, 1.165) is 12.2 Å². The summed E-state index contributed by atoms with van der Waals surface area (Å²) < 4.78 is 10.0. The van der Waals surface area contributed by atoms with Crippen LogP contribution in [0.15, 0.2) is 24.3 Å². The van der Waals surface area contributed by atoms with Crippen LogP contribution in [0.1, 0.15) is 13.8 Å². The molecule has 4 heteroatoms. The van der Waals surface area contributed by atoms with Crippen LogP contribution in [0.5, 0.6) is 5.75 Å². The quantitative estimate of drug-likeness (QED) is 0.750. The summed E-state index contributed by atoms with van der Waals surface area (Å²) in [5.74, 6) is 0.313. The van der Waals surface area contributed by atoms with E-state index in [1.807, 2.05) is 31.2 Å². The highest BCUT2D eigenvalue weighted by Gasteiger charge is 2.02. The molecule has 16 heavy (non-hydrogen) atoms. The molecule has 0 radical (unpaired) electrons. The molecule has 1 aromatic rings. The van der Waals surface area contributed by atoms with Gasteiger partial charge in [0.2, 0.25) is 0 Å². The van der Waals surface area contributed by atoms with E-state index in [0.29, 0.717) is 12.4 Å². The third kappa shape index (κ3) is 4.21. The highest BCUT2D eigenvalue weighted by molar-refractivity contribution is 5.71. The Balaban J connectivity index is 2.40. The van der Waals surface area contributed by atoms with Crippen LogP contribution in [0, 0.1) is 0 Å². The Hall–Kier alpha value is -1.71. The van der Waals surface area contributed by atoms with Gasteiger partial charge in [-0.1, -0.05) is 0 Å². The molecule has 0 spiro atoms. The molecule has 0 atom stereocenters. The summed E-state index contributed by atoms with van der Waals surface area (Å²) in [4.78, 5) is 11.0. The number of rotatable bonds is 6. The van der Waals surface area contributed by atoms with Crippen molar-refractivity contribution in [2.75, 3.05) is 25.1 Å². The maximum absolute atomic E-state index is 11.0. The fraction of sp³-hybridized carbons (Fsp3) is 0.417. The molecule has 0 heterocycles. The van der Waals surface area contributed by atoms with E-state index in [4.69, 9.17) is 9.47 Å². The lowest BCUT2D eigenvalue weighted by molar-refractivity contribution is -0.145. The molecule has 0 aliphatic carbocycles. The molecule has 1 N–H and O–H groups in total. The molecule has 0 unspecified atom stereocenters. The second kappa shape index (κ2) is 6.71. The number of hydrogen-bond acceptors (Lipinski definition) is 4. The summed E-state index contributed by atoms with van der Waals surface area (Å²) in [6, 6.07) is 7.45. The van der Waals surface area contributed by atoms with Crippen molar-refractivity contribution in [1.29, 1.82) is 0 Å². The van der Waals surface area contributed by atoms with E-state index < -0.39 is 0 Å². The summed E-state index contributed by atoms with van der Waals surface area (Å²) in [7, 11) is 0. The van der Waals surface area contributed by atoms with Gasteiger partial charge in [-0.05, 0) is 38.1 Å². The van der Waals surface area contributed by atoms with Crippen molar-refractivity contribution in [3.63, 3.8) is 0 Å². The van der Waals surface area contributed by atoms with Crippen LogP contribution in [-0.4, -0.2) is 25.7 Å². The second-order valence-corrected chi connectivity index (χ2v) is 3.15. The van der Waals surface area contributed by atoms with Crippen molar-refractivity contribution in [3.05, 3.63) is 24.3 Å². The first-order valence-electron chi connectivity index (χ1n) is 5.38. The zero-order chi connectivity index (χ0) is 11.8. The Bertz CT molecular complexity index is 322. The number of hydrogen-bond donors (Lipinski definition) is 1. The van der Waals surface area contributed by atoms with Crippen LogP contribution < -0.4 is 10.1 Å². The zero-order valence-corrected chi connectivity index (χ0v) is 9.66. The average Bonchev–Trinajstić information content (AvgIpc) is 2.29. The van der Waals surface area contributed by atoms with Gasteiger partial charge in [0, 0.05) is 12.2 Å². The first kappa shape index (κ1) is 12.4. The van der Waals surface area contributed by atoms with E-state index in [9.17, 15) is 4.79 Å². The minimum absolute atomic E-state index is 0.0472. The topological polar surface area (TPSA) is 47.6 Å². The van der Waals surface area contributed by atoms with Gasteiger partial charge in [-0.15, -0.1) is 0 Å². The van der Waals surface area contributed by atoms with Gasteiger partial charge in [0.15, 0.2) is 6.61 Å². The van der Waals surface area contributed by atoms with Crippen LogP contribution in [0.4, 0.5) is 5.69 Å². The van der Waals surface area contributed by atoms with E-state index in [1.165, 1.54) is 0 Å². The molecule has 0 aliphatic heterocycles. The van der Waals surface area contributed by atoms with E-state index in [1.54, 1.807) is 6.92 Å². The number of ether oxygens (including phenoxy) is 2. The molecule has 88 valence electrons. The van der Waals surface area contributed by atoms with Gasteiger partial charge in [0.25, 0.3) is 0 Å². The standard InChI is InChI=1S/C12H17NO3/c1-3-13-10-5-7-11(8-6-10)16-9-12(14)15-4-2/h5-8,13H,3-4,9H2,1-2H3. The van der Waals surface area contributed by atoms with E-state index in [2.05, 4.69) is 5.32 Å². The molecular weight excluding hydrogens is 206 g/mol. The maximum atomic E-state index is 11.0. The third-order valence-corrected chi connectivity index (χ3v) is 1.90. The SMILES string of the molecule is CCNc1ccc(OCC(=O)OCC)cc1. The summed E-state index contributed by atoms with van der Waals surface area (Å²) in [6.45, 7) is 5.01. The number of nitrogens with one attached hydrogen (secondary N) is 1. The van der Waals surface area contributed by atoms with E-state index in [-0.39, 0.29) is 12.6 Å². The average molecular weight is 223 g/mol. The number of anilines is 1. The monoisotopic (exact) mass is 223 g/mol. The van der Waals surface area contributed by atoms with Crippen molar-refractivity contribution in [3.8, 4) is 5.75 Å². The minimum Gasteiger partial charge on any atom is -0.482 e. The lowest BCUT2D eigenvalue weighted by atomic mass is 10.3. The lowest BCUT2D eigenvalue weighted by Gasteiger charge is -2.07. The fourth-order valence-corrected chi connectivity index (χ4v) is 1.22. The first-order chi connectivity index (χ1) is 7.76. The first-order valence-corrected chi connectivity index (χ1v) is 5.38. The highest BCUT2D eigenvalue weighted by Crippen LogP contribution is 2.15. The Labute approximate surface area is 95.6 Å². The van der Waals surface area contributed by atoms with Crippen molar-refractivity contribution in [2.24, 2.45) is 0 Å². The molecule has 0 saturated carbocycles. The molecular formula is C12H17NO3. The normalized spacial score (nSPS) is 9.62. The van der Waals surface area contributed by atoms with Gasteiger partial charge in [-0.2, -0.15) is 0 Å². The van der Waals surface area contributed by atoms with Gasteiger partial charge in [-0.25, -0.2) is 4.79 Å². The summed E-state index contributed by atoms with van der Waals surface area (Å²) >= 11 is 0. The number of benzene rings is 1. The Morgan fingerprint density at radius 1 is 1.25 bits per heavy atom. The fourth-order valence-electron chi connectivity index (χ4n) is 1.22. The Kier molecular flexibility index (Phi) is 5.19. The third-order valence-electron chi connectivity index (χ3n) is 1.90. The van der Waals surface area contributed by atoms with Gasteiger partial charge < -0.3 is 14.8 Å². The zero-order valence-electron chi connectivity index (χ0n) is 9.66. The molecule has 0 saturated heterocycles. The van der Waals surface area contributed by atoms with Crippen LogP contribution in [0.2, 0.25) is 0 Å². The summed E-state index contributed by atoms with van der Waals surface area (Å²) in [5.41, 5.74) is 1.03. The molecule has 4 nitrogen and oxygen atoms in total. The van der Waals surface area contributed by atoms with Gasteiger partial charge in [-0.3, -0.25) is 0 Å². The van der Waals surface area contributed by atoms with Crippen LogP contribution in [0.3, 0.4) is 0 Å². The molecule has 0 bridgehead atoms. The van der Waals surface area contributed by atoms with Gasteiger partial charge >= 0.3 is 5.97 Å². The van der Waals surface area contributed by atoms with Crippen LogP contribution >= 0.6 is 0 Å². The minimum atomic E-state index is -0.349.